The van der Waals surface area contributed by atoms with Crippen LogP contribution >= 0.6 is 0 Å². The standard InChI is InChI=1S/C18H30N2O/c1-15-6-8-18(9-7-15)12-19-10-4-5-11-20-13-16(2)21-17(3)14-20/h6-9,16-17,19H,4-5,10-14H2,1-3H3. The fourth-order valence-electron chi connectivity index (χ4n) is 2.99. The van der Waals surface area contributed by atoms with Crippen LogP contribution in [0.5, 0.6) is 0 Å². The Morgan fingerprint density at radius 3 is 2.43 bits per heavy atom. The first kappa shape index (κ1) is 16.5. The topological polar surface area (TPSA) is 24.5 Å². The van der Waals surface area contributed by atoms with Gasteiger partial charge >= 0.3 is 0 Å². The van der Waals surface area contributed by atoms with E-state index < -0.39 is 0 Å². The van der Waals surface area contributed by atoms with E-state index in [-0.39, 0.29) is 0 Å². The Morgan fingerprint density at radius 1 is 1.10 bits per heavy atom. The van der Waals surface area contributed by atoms with Crippen molar-refractivity contribution in [2.75, 3.05) is 26.2 Å². The smallest absolute Gasteiger partial charge is 0.0678 e. The molecule has 1 aromatic carbocycles. The van der Waals surface area contributed by atoms with E-state index in [1.807, 2.05) is 0 Å². The van der Waals surface area contributed by atoms with E-state index in [1.54, 1.807) is 0 Å². The van der Waals surface area contributed by atoms with Crippen molar-refractivity contribution in [1.29, 1.82) is 0 Å². The van der Waals surface area contributed by atoms with Crippen LogP contribution in [0.4, 0.5) is 0 Å². The molecule has 2 rings (SSSR count). The van der Waals surface area contributed by atoms with Gasteiger partial charge in [-0.25, -0.2) is 0 Å². The lowest BCUT2D eigenvalue weighted by Crippen LogP contribution is -2.45. The van der Waals surface area contributed by atoms with Gasteiger partial charge in [0.15, 0.2) is 0 Å². The number of nitrogens with one attached hydrogen (secondary N) is 1. The summed E-state index contributed by atoms with van der Waals surface area (Å²) in [5, 5.41) is 3.53. The van der Waals surface area contributed by atoms with E-state index in [1.165, 1.54) is 30.5 Å². The maximum atomic E-state index is 5.76. The molecule has 1 aliphatic rings. The highest BCUT2D eigenvalue weighted by Crippen LogP contribution is 2.11. The zero-order chi connectivity index (χ0) is 15.1. The Hall–Kier alpha value is -0.900. The highest BCUT2D eigenvalue weighted by atomic mass is 16.5. The second kappa shape index (κ2) is 8.52. The Kier molecular flexibility index (Phi) is 6.68. The summed E-state index contributed by atoms with van der Waals surface area (Å²) in [6, 6.07) is 8.77. The number of benzene rings is 1. The molecule has 118 valence electrons. The summed E-state index contributed by atoms with van der Waals surface area (Å²) in [5.41, 5.74) is 2.70. The number of nitrogens with zero attached hydrogens (tertiary/aromatic N) is 1. The first-order valence-electron chi connectivity index (χ1n) is 8.27. The van der Waals surface area contributed by atoms with Crippen LogP contribution in [0.1, 0.15) is 37.8 Å². The van der Waals surface area contributed by atoms with Crippen molar-refractivity contribution in [2.45, 2.75) is 52.4 Å². The third kappa shape index (κ3) is 6.16. The molecule has 3 heteroatoms. The van der Waals surface area contributed by atoms with Gasteiger partial charge in [0.05, 0.1) is 12.2 Å². The average Bonchev–Trinajstić information content (AvgIpc) is 2.43. The lowest BCUT2D eigenvalue weighted by atomic mass is 10.1. The second-order valence-electron chi connectivity index (χ2n) is 6.39. The fraction of sp³-hybridized carbons (Fsp3) is 0.667. The van der Waals surface area contributed by atoms with Gasteiger partial charge in [-0.15, -0.1) is 0 Å². The second-order valence-corrected chi connectivity index (χ2v) is 6.39. The number of hydrogen-bond donors (Lipinski definition) is 1. The summed E-state index contributed by atoms with van der Waals surface area (Å²) in [7, 11) is 0. The molecule has 1 aliphatic heterocycles. The molecule has 1 N–H and O–H groups in total. The van der Waals surface area contributed by atoms with Gasteiger partial charge in [-0.1, -0.05) is 29.8 Å². The van der Waals surface area contributed by atoms with E-state index in [2.05, 4.69) is 55.3 Å². The van der Waals surface area contributed by atoms with Crippen molar-refractivity contribution in [3.05, 3.63) is 35.4 Å². The normalized spacial score (nSPS) is 23.4. The molecule has 0 amide bonds. The third-order valence-electron chi connectivity index (χ3n) is 4.02. The van der Waals surface area contributed by atoms with Gasteiger partial charge in [0.1, 0.15) is 0 Å². The first-order chi connectivity index (χ1) is 10.1. The molecule has 1 saturated heterocycles. The molecule has 1 heterocycles. The van der Waals surface area contributed by atoms with Crippen LogP contribution in [0, 0.1) is 6.92 Å². The number of rotatable bonds is 7. The van der Waals surface area contributed by atoms with Crippen LogP contribution in [-0.2, 0) is 11.3 Å². The van der Waals surface area contributed by atoms with Crippen molar-refractivity contribution < 1.29 is 4.74 Å². The van der Waals surface area contributed by atoms with Crippen LogP contribution in [0.3, 0.4) is 0 Å². The summed E-state index contributed by atoms with van der Waals surface area (Å²) in [4.78, 5) is 2.54. The molecule has 21 heavy (non-hydrogen) atoms. The zero-order valence-electron chi connectivity index (χ0n) is 13.8. The molecule has 3 nitrogen and oxygen atoms in total. The van der Waals surface area contributed by atoms with Crippen molar-refractivity contribution in [1.82, 2.24) is 10.2 Å². The summed E-state index contributed by atoms with van der Waals surface area (Å²) >= 11 is 0. The number of hydrogen-bond acceptors (Lipinski definition) is 3. The molecule has 0 spiro atoms. The SMILES string of the molecule is Cc1ccc(CNCCCCN2CC(C)OC(C)C2)cc1. The fourth-order valence-corrected chi connectivity index (χ4v) is 2.99. The zero-order valence-corrected chi connectivity index (χ0v) is 13.8. The summed E-state index contributed by atoms with van der Waals surface area (Å²) < 4.78 is 5.76. The van der Waals surface area contributed by atoms with Crippen molar-refractivity contribution in [3.63, 3.8) is 0 Å². The molecule has 0 aromatic heterocycles. The molecule has 1 fully saturated rings. The minimum atomic E-state index is 0.383. The van der Waals surface area contributed by atoms with Gasteiger partial charge in [-0.2, -0.15) is 0 Å². The number of aryl methyl sites for hydroxylation is 1. The van der Waals surface area contributed by atoms with Crippen LogP contribution in [0.15, 0.2) is 24.3 Å². The molecule has 0 saturated carbocycles. The van der Waals surface area contributed by atoms with Crippen LogP contribution in [0.2, 0.25) is 0 Å². The number of morpholine rings is 1. The first-order valence-corrected chi connectivity index (χ1v) is 8.27. The van der Waals surface area contributed by atoms with Crippen molar-refractivity contribution >= 4 is 0 Å². The van der Waals surface area contributed by atoms with Gasteiger partial charge in [-0.05, 0) is 52.3 Å². The van der Waals surface area contributed by atoms with Gasteiger partial charge < -0.3 is 10.1 Å². The van der Waals surface area contributed by atoms with E-state index in [0.29, 0.717) is 12.2 Å². The van der Waals surface area contributed by atoms with E-state index in [0.717, 1.165) is 26.2 Å². The van der Waals surface area contributed by atoms with E-state index in [9.17, 15) is 0 Å². The molecule has 2 atom stereocenters. The molecular formula is C18H30N2O. The molecule has 0 bridgehead atoms. The predicted octanol–water partition coefficient (Wildman–Crippen LogP) is 2.97. The van der Waals surface area contributed by atoms with Gasteiger partial charge in [0.2, 0.25) is 0 Å². The van der Waals surface area contributed by atoms with E-state index in [4.69, 9.17) is 4.74 Å². The van der Waals surface area contributed by atoms with Gasteiger partial charge in [-0.3, -0.25) is 4.90 Å². The average molecular weight is 290 g/mol. The van der Waals surface area contributed by atoms with Crippen molar-refractivity contribution in [2.24, 2.45) is 0 Å². The van der Waals surface area contributed by atoms with Gasteiger partial charge in [0.25, 0.3) is 0 Å². The lowest BCUT2D eigenvalue weighted by Gasteiger charge is -2.35. The maximum Gasteiger partial charge on any atom is 0.0678 e. The minimum absolute atomic E-state index is 0.383. The lowest BCUT2D eigenvalue weighted by molar-refractivity contribution is -0.0681. The molecule has 1 aromatic rings. The Labute approximate surface area is 129 Å². The summed E-state index contributed by atoms with van der Waals surface area (Å²) in [6.45, 7) is 11.9. The predicted molar refractivity (Wildman–Crippen MR) is 88.6 cm³/mol. The maximum absolute atomic E-state index is 5.76. The molecule has 2 unspecified atom stereocenters. The largest absolute Gasteiger partial charge is 0.373 e. The summed E-state index contributed by atoms with van der Waals surface area (Å²) in [6.07, 6.45) is 3.27. The van der Waals surface area contributed by atoms with Crippen LogP contribution < -0.4 is 5.32 Å². The Bertz CT molecular complexity index is 394. The highest BCUT2D eigenvalue weighted by molar-refractivity contribution is 5.20. The third-order valence-corrected chi connectivity index (χ3v) is 4.02. The van der Waals surface area contributed by atoms with Crippen LogP contribution in [0.25, 0.3) is 0 Å². The number of unbranched alkanes of at least 4 members (excludes halogenated alkanes) is 1. The van der Waals surface area contributed by atoms with Crippen LogP contribution in [-0.4, -0.2) is 43.3 Å². The Balaban J connectivity index is 1.53. The quantitative estimate of drug-likeness (QED) is 0.781. The highest BCUT2D eigenvalue weighted by Gasteiger charge is 2.21. The van der Waals surface area contributed by atoms with Crippen molar-refractivity contribution in [3.8, 4) is 0 Å². The Morgan fingerprint density at radius 2 is 1.76 bits per heavy atom. The summed E-state index contributed by atoms with van der Waals surface area (Å²) in [5.74, 6) is 0. The number of ether oxygens (including phenoxy) is 1. The molecule has 0 radical (unpaired) electrons. The molecular weight excluding hydrogens is 260 g/mol. The monoisotopic (exact) mass is 290 g/mol. The van der Waals surface area contributed by atoms with Gasteiger partial charge in [0, 0.05) is 19.6 Å². The molecule has 0 aliphatic carbocycles. The minimum Gasteiger partial charge on any atom is -0.373 e. The van der Waals surface area contributed by atoms with E-state index >= 15 is 0 Å².